The second-order valence-corrected chi connectivity index (χ2v) is 4.93. The molecule has 0 radical (unpaired) electrons. The largest absolute Gasteiger partial charge is 0.469 e. The van der Waals surface area contributed by atoms with Crippen LogP contribution in [-0.2, 0) is 22.4 Å². The van der Waals surface area contributed by atoms with Crippen molar-refractivity contribution >= 4 is 17.3 Å². The highest BCUT2D eigenvalue weighted by Crippen LogP contribution is 2.16. The number of hydrogen-bond acceptors (Lipinski definition) is 5. The zero-order valence-electron chi connectivity index (χ0n) is 9.36. The van der Waals surface area contributed by atoms with Crippen molar-refractivity contribution in [3.63, 3.8) is 0 Å². The molecule has 0 aliphatic carbocycles. The monoisotopic (exact) mass is 240 g/mol. The van der Waals surface area contributed by atoms with Gasteiger partial charge in [0.25, 0.3) is 0 Å². The molecule has 1 aromatic heterocycles. The molecule has 0 aromatic carbocycles. The molecule has 0 bridgehead atoms. The minimum atomic E-state index is -0.226. The fourth-order valence-corrected chi connectivity index (χ4v) is 2.76. The van der Waals surface area contributed by atoms with Gasteiger partial charge in [-0.1, -0.05) is 0 Å². The van der Waals surface area contributed by atoms with E-state index in [2.05, 4.69) is 15.0 Å². The van der Waals surface area contributed by atoms with Crippen LogP contribution in [0.1, 0.15) is 23.5 Å². The van der Waals surface area contributed by atoms with E-state index in [1.165, 1.54) is 20.0 Å². The lowest BCUT2D eigenvalue weighted by molar-refractivity contribution is -0.139. The van der Waals surface area contributed by atoms with Gasteiger partial charge in [-0.15, -0.1) is 11.3 Å². The Kier molecular flexibility index (Phi) is 3.90. The molecule has 1 aliphatic heterocycles. The number of aromatic nitrogens is 1. The molecule has 88 valence electrons. The summed E-state index contributed by atoms with van der Waals surface area (Å²) in [5, 5.41) is 6.50. The van der Waals surface area contributed by atoms with Crippen LogP contribution in [0.5, 0.6) is 0 Å². The number of thiazole rings is 1. The molecular formula is C11H16N2O2S. The van der Waals surface area contributed by atoms with Gasteiger partial charge in [-0.3, -0.25) is 4.79 Å². The quantitative estimate of drug-likeness (QED) is 0.802. The van der Waals surface area contributed by atoms with Gasteiger partial charge < -0.3 is 10.1 Å². The molecule has 0 amide bonds. The Morgan fingerprint density at radius 1 is 1.75 bits per heavy atom. The van der Waals surface area contributed by atoms with E-state index in [4.69, 9.17) is 0 Å². The standard InChI is InChI=1S/C11H16N2O2S/c1-15-11(14)6-9-7-16-10(13-9)5-8-3-2-4-12-8/h7-8,12H,2-6H2,1H3. The number of nitrogens with one attached hydrogen (secondary N) is 1. The van der Waals surface area contributed by atoms with Crippen molar-refractivity contribution in [2.75, 3.05) is 13.7 Å². The van der Waals surface area contributed by atoms with E-state index in [0.717, 1.165) is 23.7 Å². The van der Waals surface area contributed by atoms with Crippen LogP contribution in [0.25, 0.3) is 0 Å². The molecule has 2 rings (SSSR count). The third-order valence-electron chi connectivity index (χ3n) is 2.74. The number of carbonyl (C=O) groups excluding carboxylic acids is 1. The molecule has 1 unspecified atom stereocenters. The van der Waals surface area contributed by atoms with Gasteiger partial charge in [0.05, 0.1) is 24.2 Å². The molecule has 1 atom stereocenters. The van der Waals surface area contributed by atoms with Gasteiger partial charge in [0, 0.05) is 17.8 Å². The van der Waals surface area contributed by atoms with Crippen LogP contribution in [0.3, 0.4) is 0 Å². The highest BCUT2D eigenvalue weighted by Gasteiger charge is 2.16. The van der Waals surface area contributed by atoms with Crippen LogP contribution in [0.2, 0.25) is 0 Å². The highest BCUT2D eigenvalue weighted by atomic mass is 32.1. The van der Waals surface area contributed by atoms with Crippen LogP contribution in [0, 0.1) is 0 Å². The molecule has 2 heterocycles. The Morgan fingerprint density at radius 3 is 3.31 bits per heavy atom. The number of esters is 1. The molecule has 1 N–H and O–H groups in total. The summed E-state index contributed by atoms with van der Waals surface area (Å²) in [6, 6.07) is 0.567. The van der Waals surface area contributed by atoms with Crippen molar-refractivity contribution in [3.8, 4) is 0 Å². The van der Waals surface area contributed by atoms with Crippen molar-refractivity contribution < 1.29 is 9.53 Å². The van der Waals surface area contributed by atoms with Gasteiger partial charge in [0.1, 0.15) is 0 Å². The van der Waals surface area contributed by atoms with Gasteiger partial charge in [-0.2, -0.15) is 0 Å². The smallest absolute Gasteiger partial charge is 0.311 e. The number of nitrogens with zero attached hydrogens (tertiary/aromatic N) is 1. The summed E-state index contributed by atoms with van der Waals surface area (Å²) in [5.74, 6) is -0.226. The Bertz CT molecular complexity index is 359. The highest BCUT2D eigenvalue weighted by molar-refractivity contribution is 7.09. The normalized spacial score (nSPS) is 19.9. The molecule has 0 saturated carbocycles. The van der Waals surface area contributed by atoms with Crippen LogP contribution < -0.4 is 5.32 Å². The van der Waals surface area contributed by atoms with Crippen molar-refractivity contribution in [2.24, 2.45) is 0 Å². The summed E-state index contributed by atoms with van der Waals surface area (Å²) in [6.07, 6.45) is 3.74. The van der Waals surface area contributed by atoms with Gasteiger partial charge >= 0.3 is 5.97 Å². The Balaban J connectivity index is 1.88. The molecule has 1 aliphatic rings. The number of ether oxygens (including phenoxy) is 1. The Morgan fingerprint density at radius 2 is 2.62 bits per heavy atom. The summed E-state index contributed by atoms with van der Waals surface area (Å²) >= 11 is 1.63. The maximum Gasteiger partial charge on any atom is 0.311 e. The molecule has 1 saturated heterocycles. The summed E-state index contributed by atoms with van der Waals surface area (Å²) in [4.78, 5) is 15.5. The van der Waals surface area contributed by atoms with Gasteiger partial charge in [-0.25, -0.2) is 4.98 Å². The first kappa shape index (κ1) is 11.5. The zero-order valence-corrected chi connectivity index (χ0v) is 10.2. The average molecular weight is 240 g/mol. The van der Waals surface area contributed by atoms with Crippen LogP contribution in [-0.4, -0.2) is 30.6 Å². The third-order valence-corrected chi connectivity index (χ3v) is 3.66. The van der Waals surface area contributed by atoms with E-state index < -0.39 is 0 Å². The molecule has 4 nitrogen and oxygen atoms in total. The van der Waals surface area contributed by atoms with E-state index >= 15 is 0 Å². The fraction of sp³-hybridized carbons (Fsp3) is 0.636. The van der Waals surface area contributed by atoms with Crippen molar-refractivity contribution in [1.82, 2.24) is 10.3 Å². The third kappa shape index (κ3) is 3.02. The van der Waals surface area contributed by atoms with Crippen molar-refractivity contribution in [1.29, 1.82) is 0 Å². The fourth-order valence-electron chi connectivity index (χ4n) is 1.89. The topological polar surface area (TPSA) is 51.2 Å². The number of hydrogen-bond donors (Lipinski definition) is 1. The Labute approximate surface area is 99.0 Å². The second-order valence-electron chi connectivity index (χ2n) is 3.98. The summed E-state index contributed by atoms with van der Waals surface area (Å²) in [6.45, 7) is 1.12. The maximum absolute atomic E-state index is 11.1. The average Bonchev–Trinajstić information content (AvgIpc) is 2.91. The lowest BCUT2D eigenvalue weighted by Crippen LogP contribution is -2.23. The van der Waals surface area contributed by atoms with Crippen LogP contribution >= 0.6 is 11.3 Å². The van der Waals surface area contributed by atoms with Gasteiger partial charge in [0.15, 0.2) is 0 Å². The Hall–Kier alpha value is -0.940. The van der Waals surface area contributed by atoms with E-state index in [-0.39, 0.29) is 12.4 Å². The number of rotatable bonds is 4. The minimum Gasteiger partial charge on any atom is -0.469 e. The number of carbonyl (C=O) groups is 1. The van der Waals surface area contributed by atoms with Crippen LogP contribution in [0.4, 0.5) is 0 Å². The molecular weight excluding hydrogens is 224 g/mol. The molecule has 1 fully saturated rings. The SMILES string of the molecule is COC(=O)Cc1csc(CC2CCCN2)n1. The predicted molar refractivity (Wildman–Crippen MR) is 62.6 cm³/mol. The lowest BCUT2D eigenvalue weighted by atomic mass is 10.2. The van der Waals surface area contributed by atoms with Crippen molar-refractivity contribution in [2.45, 2.75) is 31.7 Å². The summed E-state index contributed by atoms with van der Waals surface area (Å²) in [5.41, 5.74) is 0.824. The molecule has 1 aromatic rings. The molecule has 5 heteroatoms. The molecule has 16 heavy (non-hydrogen) atoms. The first-order valence-electron chi connectivity index (χ1n) is 5.51. The zero-order chi connectivity index (χ0) is 11.4. The summed E-state index contributed by atoms with van der Waals surface area (Å²) < 4.78 is 4.61. The number of methoxy groups -OCH3 is 1. The molecule has 0 spiro atoms. The predicted octanol–water partition coefficient (Wildman–Crippen LogP) is 1.15. The van der Waals surface area contributed by atoms with E-state index in [0.29, 0.717) is 6.04 Å². The first-order chi connectivity index (χ1) is 7.78. The lowest BCUT2D eigenvalue weighted by Gasteiger charge is -2.06. The van der Waals surface area contributed by atoms with E-state index in [1.807, 2.05) is 5.38 Å². The van der Waals surface area contributed by atoms with Gasteiger partial charge in [-0.05, 0) is 19.4 Å². The summed E-state index contributed by atoms with van der Waals surface area (Å²) in [7, 11) is 1.40. The van der Waals surface area contributed by atoms with Crippen molar-refractivity contribution in [3.05, 3.63) is 16.1 Å². The van der Waals surface area contributed by atoms with E-state index in [9.17, 15) is 4.79 Å². The van der Waals surface area contributed by atoms with Crippen LogP contribution in [0.15, 0.2) is 5.38 Å². The van der Waals surface area contributed by atoms with E-state index in [1.54, 1.807) is 11.3 Å². The minimum absolute atomic E-state index is 0.226. The second kappa shape index (κ2) is 5.41. The first-order valence-corrected chi connectivity index (χ1v) is 6.39. The maximum atomic E-state index is 11.1. The van der Waals surface area contributed by atoms with Gasteiger partial charge in [0.2, 0.25) is 0 Å².